The van der Waals surface area contributed by atoms with E-state index in [1.165, 1.54) is 6.42 Å². The number of aliphatic hydroxyl groups excluding tert-OH is 1. The molecule has 0 heterocycles. The van der Waals surface area contributed by atoms with Crippen LogP contribution in [0.4, 0.5) is 0 Å². The van der Waals surface area contributed by atoms with E-state index in [4.69, 9.17) is 0 Å². The smallest absolute Gasteiger partial charge is 0.0579 e. The van der Waals surface area contributed by atoms with Gasteiger partial charge in [-0.3, -0.25) is 0 Å². The molecular weight excluding hydrogens is 196 g/mol. The fraction of sp³-hybridized carbons (Fsp3) is 0.867. The van der Waals surface area contributed by atoms with Crippen LogP contribution in [0.15, 0.2) is 12.2 Å². The minimum atomic E-state index is -0.0904. The van der Waals surface area contributed by atoms with Gasteiger partial charge in [-0.15, -0.1) is 0 Å². The van der Waals surface area contributed by atoms with Crippen molar-refractivity contribution >= 4 is 0 Å². The topological polar surface area (TPSA) is 20.2 Å². The van der Waals surface area contributed by atoms with E-state index in [1.807, 2.05) is 0 Å². The van der Waals surface area contributed by atoms with Gasteiger partial charge in [0.25, 0.3) is 0 Å². The molecule has 2 aliphatic carbocycles. The van der Waals surface area contributed by atoms with Crippen LogP contribution >= 0.6 is 0 Å². The minimum Gasteiger partial charge on any atom is -0.393 e. The summed E-state index contributed by atoms with van der Waals surface area (Å²) in [6.07, 6.45) is 6.92. The Morgan fingerprint density at radius 3 is 2.12 bits per heavy atom. The summed E-state index contributed by atoms with van der Waals surface area (Å²) in [5.41, 5.74) is 0. The first-order valence-electron chi connectivity index (χ1n) is 6.87. The molecule has 2 unspecified atom stereocenters. The van der Waals surface area contributed by atoms with Crippen LogP contribution in [0.2, 0.25) is 0 Å². The molecule has 0 spiro atoms. The maximum absolute atomic E-state index is 10.4. The van der Waals surface area contributed by atoms with Crippen molar-refractivity contribution in [3.8, 4) is 0 Å². The molecule has 2 aliphatic rings. The number of hydrogen-bond acceptors (Lipinski definition) is 1. The normalized spacial score (nSPS) is 38.9. The molecule has 0 aliphatic heterocycles. The minimum absolute atomic E-state index is 0.0904. The molecule has 1 nitrogen and oxygen atoms in total. The van der Waals surface area contributed by atoms with Crippen LogP contribution in [0.3, 0.4) is 0 Å². The van der Waals surface area contributed by atoms with Gasteiger partial charge < -0.3 is 5.11 Å². The molecule has 0 aromatic rings. The van der Waals surface area contributed by atoms with E-state index in [1.54, 1.807) is 0 Å². The number of hydrogen-bond donors (Lipinski definition) is 1. The molecule has 2 rings (SSSR count). The lowest BCUT2D eigenvalue weighted by Crippen LogP contribution is -2.34. The second-order valence-corrected chi connectivity index (χ2v) is 6.54. The molecule has 1 saturated carbocycles. The van der Waals surface area contributed by atoms with Gasteiger partial charge in [0.15, 0.2) is 0 Å². The van der Waals surface area contributed by atoms with Crippen LogP contribution in [0.1, 0.15) is 40.5 Å². The molecule has 0 amide bonds. The number of rotatable bonds is 4. The zero-order chi connectivity index (χ0) is 11.9. The Bertz CT molecular complexity index is 267. The van der Waals surface area contributed by atoms with Crippen LogP contribution in [0.25, 0.3) is 0 Å². The number of aliphatic hydroxyl groups is 1. The van der Waals surface area contributed by atoms with E-state index >= 15 is 0 Å². The Hall–Kier alpha value is -0.300. The molecule has 1 fully saturated rings. The predicted octanol–water partition coefficient (Wildman–Crippen LogP) is 3.49. The molecule has 92 valence electrons. The Balaban J connectivity index is 2.10. The highest BCUT2D eigenvalue weighted by Crippen LogP contribution is 2.52. The summed E-state index contributed by atoms with van der Waals surface area (Å²) in [6.45, 7) is 9.04. The third-order valence-electron chi connectivity index (χ3n) is 4.51. The maximum atomic E-state index is 10.4. The zero-order valence-electron chi connectivity index (χ0n) is 11.1. The van der Waals surface area contributed by atoms with Crippen molar-refractivity contribution in [3.05, 3.63) is 12.2 Å². The van der Waals surface area contributed by atoms with Crippen LogP contribution in [-0.2, 0) is 0 Å². The summed E-state index contributed by atoms with van der Waals surface area (Å²) in [5.74, 6) is 3.95. The second kappa shape index (κ2) is 4.52. The van der Waals surface area contributed by atoms with Gasteiger partial charge in [-0.25, -0.2) is 0 Å². The van der Waals surface area contributed by atoms with Crippen LogP contribution in [0, 0.1) is 35.5 Å². The fourth-order valence-corrected chi connectivity index (χ4v) is 4.02. The van der Waals surface area contributed by atoms with Gasteiger partial charge in [-0.1, -0.05) is 39.8 Å². The highest BCUT2D eigenvalue weighted by Gasteiger charge is 2.48. The summed E-state index contributed by atoms with van der Waals surface area (Å²) in [5, 5.41) is 10.4. The van der Waals surface area contributed by atoms with Gasteiger partial charge in [0.1, 0.15) is 0 Å². The quantitative estimate of drug-likeness (QED) is 0.722. The Morgan fingerprint density at radius 2 is 1.62 bits per heavy atom. The molecular formula is C15H26O. The SMILES string of the molecule is CC(C)CC(O)C1[C@@H](C(C)C)[C@@H]2C=C[C@H]1C2. The zero-order valence-corrected chi connectivity index (χ0v) is 11.1. The van der Waals surface area contributed by atoms with E-state index < -0.39 is 0 Å². The third kappa shape index (κ3) is 2.07. The number of allylic oxidation sites excluding steroid dienone is 2. The first kappa shape index (κ1) is 12.2. The number of fused-ring (bicyclic) bond motifs is 2. The van der Waals surface area contributed by atoms with Crippen molar-refractivity contribution < 1.29 is 5.11 Å². The molecule has 0 aromatic heterocycles. The van der Waals surface area contributed by atoms with Gasteiger partial charge in [-0.2, -0.15) is 0 Å². The molecule has 16 heavy (non-hydrogen) atoms. The summed E-state index contributed by atoms with van der Waals surface area (Å²) in [7, 11) is 0. The average Bonchev–Trinajstić information content (AvgIpc) is 2.74. The Labute approximate surface area is 99.9 Å². The van der Waals surface area contributed by atoms with Gasteiger partial charge in [0, 0.05) is 0 Å². The van der Waals surface area contributed by atoms with Gasteiger partial charge in [0.05, 0.1) is 6.10 Å². The highest BCUT2D eigenvalue weighted by atomic mass is 16.3. The second-order valence-electron chi connectivity index (χ2n) is 6.54. The van der Waals surface area contributed by atoms with E-state index in [9.17, 15) is 5.11 Å². The highest BCUT2D eigenvalue weighted by molar-refractivity contribution is 5.15. The van der Waals surface area contributed by atoms with E-state index in [0.29, 0.717) is 29.6 Å². The molecule has 1 heteroatoms. The van der Waals surface area contributed by atoms with Crippen molar-refractivity contribution in [2.45, 2.75) is 46.6 Å². The fourth-order valence-electron chi connectivity index (χ4n) is 4.02. The summed E-state index contributed by atoms with van der Waals surface area (Å²) in [4.78, 5) is 0. The summed E-state index contributed by atoms with van der Waals surface area (Å²) >= 11 is 0. The van der Waals surface area contributed by atoms with Crippen molar-refractivity contribution in [3.63, 3.8) is 0 Å². The standard InChI is InChI=1S/C15H26O/c1-9(2)7-13(16)15-12-6-5-11(8-12)14(15)10(3)4/h5-6,9-16H,7-8H2,1-4H3/t11-,12+,13?,14+,15?/m1/s1. The van der Waals surface area contributed by atoms with Crippen molar-refractivity contribution in [1.82, 2.24) is 0 Å². The summed E-state index contributed by atoms with van der Waals surface area (Å²) < 4.78 is 0. The lowest BCUT2D eigenvalue weighted by Gasteiger charge is -2.35. The molecule has 0 aromatic carbocycles. The van der Waals surface area contributed by atoms with Crippen LogP contribution in [-0.4, -0.2) is 11.2 Å². The van der Waals surface area contributed by atoms with Gasteiger partial charge >= 0.3 is 0 Å². The monoisotopic (exact) mass is 222 g/mol. The predicted molar refractivity (Wildman–Crippen MR) is 68.0 cm³/mol. The van der Waals surface area contributed by atoms with E-state index in [2.05, 4.69) is 39.8 Å². The maximum Gasteiger partial charge on any atom is 0.0579 e. The Kier molecular flexibility index (Phi) is 3.44. The Morgan fingerprint density at radius 1 is 1.06 bits per heavy atom. The van der Waals surface area contributed by atoms with Gasteiger partial charge in [-0.05, 0) is 48.3 Å². The first-order chi connectivity index (χ1) is 7.50. The third-order valence-corrected chi connectivity index (χ3v) is 4.51. The molecule has 0 saturated heterocycles. The first-order valence-corrected chi connectivity index (χ1v) is 6.87. The van der Waals surface area contributed by atoms with E-state index in [0.717, 1.165) is 12.3 Å². The van der Waals surface area contributed by atoms with Crippen LogP contribution < -0.4 is 0 Å². The van der Waals surface area contributed by atoms with E-state index in [-0.39, 0.29) is 6.10 Å². The molecule has 1 N–H and O–H groups in total. The lowest BCUT2D eigenvalue weighted by atomic mass is 9.72. The van der Waals surface area contributed by atoms with Crippen molar-refractivity contribution in [2.75, 3.05) is 0 Å². The largest absolute Gasteiger partial charge is 0.393 e. The molecule has 0 radical (unpaired) electrons. The average molecular weight is 222 g/mol. The summed E-state index contributed by atoms with van der Waals surface area (Å²) in [6, 6.07) is 0. The van der Waals surface area contributed by atoms with Crippen molar-refractivity contribution in [2.24, 2.45) is 35.5 Å². The molecule has 2 bridgehead atoms. The van der Waals surface area contributed by atoms with Gasteiger partial charge in [0.2, 0.25) is 0 Å². The van der Waals surface area contributed by atoms with Crippen LogP contribution in [0.5, 0.6) is 0 Å². The lowest BCUT2D eigenvalue weighted by molar-refractivity contribution is 0.0340. The van der Waals surface area contributed by atoms with Crippen molar-refractivity contribution in [1.29, 1.82) is 0 Å². The molecule has 5 atom stereocenters.